The number of halogens is 3. The van der Waals surface area contributed by atoms with Crippen LogP contribution >= 0.6 is 27.5 Å². The van der Waals surface area contributed by atoms with E-state index in [1.807, 2.05) is 18.2 Å². The van der Waals surface area contributed by atoms with Crippen molar-refractivity contribution >= 4 is 27.5 Å². The van der Waals surface area contributed by atoms with E-state index in [-0.39, 0.29) is 11.1 Å². The van der Waals surface area contributed by atoms with Crippen molar-refractivity contribution in [2.75, 3.05) is 7.11 Å². The fourth-order valence-electron chi connectivity index (χ4n) is 2.00. The van der Waals surface area contributed by atoms with Gasteiger partial charge in [-0.1, -0.05) is 33.6 Å². The zero-order valence-electron chi connectivity index (χ0n) is 10.9. The summed E-state index contributed by atoms with van der Waals surface area (Å²) in [5.41, 5.74) is 7.80. The molecule has 0 amide bonds. The van der Waals surface area contributed by atoms with Crippen molar-refractivity contribution in [3.05, 3.63) is 62.8 Å². The Balaban J connectivity index is 2.24. The van der Waals surface area contributed by atoms with Crippen molar-refractivity contribution in [3.8, 4) is 5.75 Å². The minimum atomic E-state index is -0.458. The van der Waals surface area contributed by atoms with E-state index in [0.717, 1.165) is 15.8 Å². The third-order valence-corrected chi connectivity index (χ3v) is 3.85. The van der Waals surface area contributed by atoms with E-state index in [1.165, 1.54) is 12.1 Å². The molecule has 0 heterocycles. The highest BCUT2D eigenvalue weighted by Gasteiger charge is 2.13. The van der Waals surface area contributed by atoms with Crippen molar-refractivity contribution in [1.29, 1.82) is 0 Å². The number of hydrogen-bond acceptors (Lipinski definition) is 2. The first kappa shape index (κ1) is 15.3. The minimum Gasteiger partial charge on any atom is -0.496 e. The number of nitrogens with two attached hydrogens (primary N) is 1. The van der Waals surface area contributed by atoms with E-state index in [0.29, 0.717) is 12.0 Å². The van der Waals surface area contributed by atoms with Gasteiger partial charge in [0, 0.05) is 10.5 Å². The Morgan fingerprint density at radius 3 is 2.70 bits per heavy atom. The molecule has 1 unspecified atom stereocenters. The highest BCUT2D eigenvalue weighted by molar-refractivity contribution is 9.10. The summed E-state index contributed by atoms with van der Waals surface area (Å²) in [7, 11) is 1.61. The van der Waals surface area contributed by atoms with Gasteiger partial charge in [-0.25, -0.2) is 4.39 Å². The number of rotatable bonds is 4. The molecule has 106 valence electrons. The lowest BCUT2D eigenvalue weighted by molar-refractivity contribution is 0.408. The highest BCUT2D eigenvalue weighted by Crippen LogP contribution is 2.28. The molecule has 0 saturated carbocycles. The van der Waals surface area contributed by atoms with Crippen LogP contribution in [0.5, 0.6) is 5.75 Å². The second kappa shape index (κ2) is 6.57. The van der Waals surface area contributed by atoms with E-state index in [9.17, 15) is 4.39 Å². The van der Waals surface area contributed by atoms with Gasteiger partial charge in [-0.3, -0.25) is 0 Å². The number of hydrogen-bond donors (Lipinski definition) is 1. The van der Waals surface area contributed by atoms with Gasteiger partial charge in [-0.15, -0.1) is 0 Å². The van der Waals surface area contributed by atoms with Crippen molar-refractivity contribution in [3.63, 3.8) is 0 Å². The third kappa shape index (κ3) is 3.51. The van der Waals surface area contributed by atoms with Gasteiger partial charge in [0.15, 0.2) is 0 Å². The maximum absolute atomic E-state index is 13.5. The molecule has 0 aliphatic carbocycles. The first-order valence-electron chi connectivity index (χ1n) is 6.04. The molecule has 0 aromatic heterocycles. The van der Waals surface area contributed by atoms with Gasteiger partial charge in [0.25, 0.3) is 0 Å². The van der Waals surface area contributed by atoms with E-state index >= 15 is 0 Å². The van der Waals surface area contributed by atoms with Crippen molar-refractivity contribution in [2.45, 2.75) is 12.5 Å². The summed E-state index contributed by atoms with van der Waals surface area (Å²) in [6.07, 6.45) is 0.545. The molecule has 0 aliphatic heterocycles. The SMILES string of the molecule is COc1ccc(Br)cc1CC(N)c1ccc(Cl)c(F)c1. The number of ether oxygens (including phenoxy) is 1. The highest BCUT2D eigenvalue weighted by atomic mass is 79.9. The van der Waals surface area contributed by atoms with Crippen LogP contribution in [0.15, 0.2) is 40.9 Å². The van der Waals surface area contributed by atoms with Crippen LogP contribution in [-0.4, -0.2) is 7.11 Å². The van der Waals surface area contributed by atoms with Crippen molar-refractivity contribution in [1.82, 2.24) is 0 Å². The lowest BCUT2D eigenvalue weighted by Crippen LogP contribution is -2.14. The molecule has 0 aliphatic rings. The molecule has 0 radical (unpaired) electrons. The number of methoxy groups -OCH3 is 1. The molecule has 0 fully saturated rings. The monoisotopic (exact) mass is 357 g/mol. The van der Waals surface area contributed by atoms with Crippen LogP contribution in [0.2, 0.25) is 5.02 Å². The Bertz CT molecular complexity index is 621. The van der Waals surface area contributed by atoms with Gasteiger partial charge in [0.2, 0.25) is 0 Å². The van der Waals surface area contributed by atoms with E-state index in [2.05, 4.69) is 15.9 Å². The van der Waals surface area contributed by atoms with Crippen molar-refractivity contribution < 1.29 is 9.13 Å². The van der Waals surface area contributed by atoms with Crippen LogP contribution in [0.4, 0.5) is 4.39 Å². The molecule has 2 aromatic rings. The summed E-state index contributed by atoms with van der Waals surface area (Å²) >= 11 is 9.09. The van der Waals surface area contributed by atoms with Crippen LogP contribution in [0.1, 0.15) is 17.2 Å². The standard InChI is InChI=1S/C15H14BrClFNO/c1-20-15-5-3-11(16)6-10(15)8-14(19)9-2-4-12(17)13(18)7-9/h2-7,14H,8,19H2,1H3. The maximum Gasteiger partial charge on any atom is 0.142 e. The van der Waals surface area contributed by atoms with Gasteiger partial charge >= 0.3 is 0 Å². The fraction of sp³-hybridized carbons (Fsp3) is 0.200. The molecule has 2 aromatic carbocycles. The van der Waals surface area contributed by atoms with Gasteiger partial charge in [0.05, 0.1) is 12.1 Å². The summed E-state index contributed by atoms with van der Waals surface area (Å²) in [5.74, 6) is 0.305. The lowest BCUT2D eigenvalue weighted by Gasteiger charge is -2.15. The Morgan fingerprint density at radius 2 is 2.05 bits per heavy atom. The van der Waals surface area contributed by atoms with Crippen LogP contribution in [0, 0.1) is 5.82 Å². The normalized spacial score (nSPS) is 12.2. The van der Waals surface area contributed by atoms with Gasteiger partial charge in [-0.05, 0) is 47.9 Å². The van der Waals surface area contributed by atoms with Crippen LogP contribution in [0.25, 0.3) is 0 Å². The predicted molar refractivity (Wildman–Crippen MR) is 82.7 cm³/mol. The van der Waals surface area contributed by atoms with Crippen LogP contribution in [0.3, 0.4) is 0 Å². The van der Waals surface area contributed by atoms with Gasteiger partial charge < -0.3 is 10.5 Å². The maximum atomic E-state index is 13.5. The van der Waals surface area contributed by atoms with Gasteiger partial charge in [0.1, 0.15) is 11.6 Å². The summed E-state index contributed by atoms with van der Waals surface area (Å²) < 4.78 is 19.7. The average molecular weight is 359 g/mol. The second-order valence-electron chi connectivity index (χ2n) is 4.44. The smallest absolute Gasteiger partial charge is 0.142 e. The third-order valence-electron chi connectivity index (χ3n) is 3.05. The quantitative estimate of drug-likeness (QED) is 0.874. The molecule has 5 heteroatoms. The molecule has 2 rings (SSSR count). The molecule has 2 nitrogen and oxygen atoms in total. The van der Waals surface area contributed by atoms with E-state index < -0.39 is 5.82 Å². The molecule has 2 N–H and O–H groups in total. The molecule has 0 spiro atoms. The average Bonchev–Trinajstić information content (AvgIpc) is 2.42. The van der Waals surface area contributed by atoms with Crippen molar-refractivity contribution in [2.24, 2.45) is 5.73 Å². The van der Waals surface area contributed by atoms with E-state index in [1.54, 1.807) is 13.2 Å². The Labute approximate surface area is 130 Å². The fourth-order valence-corrected chi connectivity index (χ4v) is 2.53. The predicted octanol–water partition coefficient (Wildman–Crippen LogP) is 4.49. The first-order chi connectivity index (χ1) is 9.51. The lowest BCUT2D eigenvalue weighted by atomic mass is 9.99. The minimum absolute atomic E-state index is 0.0981. The van der Waals surface area contributed by atoms with Gasteiger partial charge in [-0.2, -0.15) is 0 Å². The molecular weight excluding hydrogens is 345 g/mol. The van der Waals surface area contributed by atoms with E-state index in [4.69, 9.17) is 22.1 Å². The summed E-state index contributed by atoms with van der Waals surface area (Å²) in [5, 5.41) is 0.0981. The first-order valence-corrected chi connectivity index (χ1v) is 7.21. The summed E-state index contributed by atoms with van der Waals surface area (Å²) in [6, 6.07) is 10.0. The summed E-state index contributed by atoms with van der Waals surface area (Å²) in [6.45, 7) is 0. The largest absolute Gasteiger partial charge is 0.496 e. The molecule has 0 bridgehead atoms. The Kier molecular flexibility index (Phi) is 5.02. The van der Waals surface area contributed by atoms with Crippen LogP contribution in [-0.2, 0) is 6.42 Å². The topological polar surface area (TPSA) is 35.2 Å². The molecule has 20 heavy (non-hydrogen) atoms. The Morgan fingerprint density at radius 1 is 1.30 bits per heavy atom. The summed E-state index contributed by atoms with van der Waals surface area (Å²) in [4.78, 5) is 0. The Hall–Kier alpha value is -1.10. The zero-order chi connectivity index (χ0) is 14.7. The second-order valence-corrected chi connectivity index (χ2v) is 5.76. The zero-order valence-corrected chi connectivity index (χ0v) is 13.2. The molecule has 0 saturated heterocycles. The molecular formula is C15H14BrClFNO. The molecule has 1 atom stereocenters. The number of benzene rings is 2. The van der Waals surface area contributed by atoms with Crippen LogP contribution < -0.4 is 10.5 Å².